The van der Waals surface area contributed by atoms with Gasteiger partial charge in [-0.25, -0.2) is 4.98 Å². The Balaban J connectivity index is 2.37. The Bertz CT molecular complexity index is 698. The summed E-state index contributed by atoms with van der Waals surface area (Å²) in [6.45, 7) is 5.15. The number of para-hydroxylation sites is 1. The van der Waals surface area contributed by atoms with Crippen LogP contribution in [0.1, 0.15) is 43.8 Å². The maximum Gasteiger partial charge on any atom is 0.309 e. The molecule has 6 heteroatoms. The number of aryl methyl sites for hydroxylation is 1. The van der Waals surface area contributed by atoms with Gasteiger partial charge in [0.15, 0.2) is 0 Å². The van der Waals surface area contributed by atoms with Gasteiger partial charge in [0.1, 0.15) is 16.7 Å². The zero-order valence-corrected chi connectivity index (χ0v) is 14.8. The lowest BCUT2D eigenvalue weighted by molar-refractivity contribution is -0.136. The molecule has 2 rings (SSSR count). The van der Waals surface area contributed by atoms with Crippen molar-refractivity contribution in [3.63, 3.8) is 0 Å². The number of hydrogen-bond acceptors (Lipinski definition) is 3. The average Bonchev–Trinajstić information content (AvgIpc) is 2.83. The van der Waals surface area contributed by atoms with Gasteiger partial charge >= 0.3 is 5.97 Å². The fourth-order valence-electron chi connectivity index (χ4n) is 2.57. The lowest BCUT2D eigenvalue weighted by atomic mass is 10.2. The van der Waals surface area contributed by atoms with E-state index in [4.69, 9.17) is 21.4 Å². The van der Waals surface area contributed by atoms with Crippen LogP contribution in [0, 0.1) is 0 Å². The Morgan fingerprint density at radius 1 is 1.33 bits per heavy atom. The summed E-state index contributed by atoms with van der Waals surface area (Å²) in [6, 6.07) is 7.79. The Morgan fingerprint density at radius 2 is 2.08 bits per heavy atom. The third-order valence-electron chi connectivity index (χ3n) is 3.72. The van der Waals surface area contributed by atoms with Crippen molar-refractivity contribution in [1.29, 1.82) is 0 Å². The number of aliphatic carboxylic acids is 1. The number of carboxylic acid groups (broad SMARTS) is 1. The van der Waals surface area contributed by atoms with Crippen LogP contribution < -0.4 is 4.74 Å². The van der Waals surface area contributed by atoms with E-state index in [1.54, 1.807) is 0 Å². The van der Waals surface area contributed by atoms with E-state index < -0.39 is 5.97 Å². The van der Waals surface area contributed by atoms with Crippen LogP contribution in [0.15, 0.2) is 24.3 Å². The van der Waals surface area contributed by atoms with E-state index in [2.05, 4.69) is 11.9 Å². The Kier molecular flexibility index (Phi) is 6.67. The smallest absolute Gasteiger partial charge is 0.309 e. The highest BCUT2D eigenvalue weighted by atomic mass is 35.5. The van der Waals surface area contributed by atoms with Crippen LogP contribution in [0.3, 0.4) is 0 Å². The highest BCUT2D eigenvalue weighted by Crippen LogP contribution is 2.25. The van der Waals surface area contributed by atoms with Crippen molar-refractivity contribution in [2.24, 2.45) is 0 Å². The molecule has 0 aliphatic heterocycles. The first kappa shape index (κ1) is 18.3. The highest BCUT2D eigenvalue weighted by Gasteiger charge is 2.18. The molecule has 0 saturated carbocycles. The van der Waals surface area contributed by atoms with Gasteiger partial charge in [-0.05, 0) is 19.4 Å². The molecule has 2 aromatic rings. The van der Waals surface area contributed by atoms with E-state index in [1.165, 1.54) is 0 Å². The van der Waals surface area contributed by atoms with Gasteiger partial charge in [0.25, 0.3) is 0 Å². The van der Waals surface area contributed by atoms with E-state index in [9.17, 15) is 4.79 Å². The second kappa shape index (κ2) is 8.73. The molecule has 1 aromatic heterocycles. The van der Waals surface area contributed by atoms with Crippen molar-refractivity contribution < 1.29 is 14.6 Å². The fraction of sp³-hybridized carbons (Fsp3) is 0.444. The number of ether oxygens (including phenoxy) is 1. The SMILES string of the molecule is CCCCc1nc(CC(=O)O)c(Cl)n1Cc1ccccc1OCC. The lowest BCUT2D eigenvalue weighted by Gasteiger charge is -2.13. The van der Waals surface area contributed by atoms with Crippen LogP contribution in [0.4, 0.5) is 0 Å². The van der Waals surface area contributed by atoms with Crippen LogP contribution in [0.25, 0.3) is 0 Å². The van der Waals surface area contributed by atoms with Crippen LogP contribution in [0.5, 0.6) is 5.75 Å². The number of carbonyl (C=O) groups is 1. The van der Waals surface area contributed by atoms with Gasteiger partial charge in [-0.3, -0.25) is 4.79 Å². The van der Waals surface area contributed by atoms with Gasteiger partial charge in [-0.1, -0.05) is 43.1 Å². The Hall–Kier alpha value is -2.01. The molecule has 0 spiro atoms. The van der Waals surface area contributed by atoms with Crippen LogP contribution in [-0.2, 0) is 24.2 Å². The Labute approximate surface area is 147 Å². The van der Waals surface area contributed by atoms with E-state index in [0.717, 1.165) is 36.4 Å². The molecule has 0 amide bonds. The first-order chi connectivity index (χ1) is 11.6. The van der Waals surface area contributed by atoms with Gasteiger partial charge in [0.05, 0.1) is 25.3 Å². The minimum absolute atomic E-state index is 0.169. The third kappa shape index (κ3) is 4.51. The summed E-state index contributed by atoms with van der Waals surface area (Å²) in [5, 5.41) is 9.44. The van der Waals surface area contributed by atoms with Gasteiger partial charge in [0, 0.05) is 12.0 Å². The van der Waals surface area contributed by atoms with Gasteiger partial charge in [-0.15, -0.1) is 0 Å². The lowest BCUT2D eigenvalue weighted by Crippen LogP contribution is -2.07. The molecular weight excluding hydrogens is 328 g/mol. The molecule has 0 bridgehead atoms. The molecule has 1 N–H and O–H groups in total. The second-order valence-corrected chi connectivity index (χ2v) is 5.92. The summed E-state index contributed by atoms with van der Waals surface area (Å²) in [5.41, 5.74) is 1.42. The molecule has 24 heavy (non-hydrogen) atoms. The fourth-order valence-corrected chi connectivity index (χ4v) is 2.84. The largest absolute Gasteiger partial charge is 0.494 e. The van der Waals surface area contributed by atoms with Gasteiger partial charge < -0.3 is 14.4 Å². The molecule has 0 radical (unpaired) electrons. The van der Waals surface area contributed by atoms with Crippen molar-refractivity contribution in [3.8, 4) is 5.75 Å². The van der Waals surface area contributed by atoms with E-state index in [-0.39, 0.29) is 6.42 Å². The quantitative estimate of drug-likeness (QED) is 0.743. The summed E-state index contributed by atoms with van der Waals surface area (Å²) in [5.74, 6) is 0.703. The minimum atomic E-state index is -0.932. The Morgan fingerprint density at radius 3 is 2.75 bits per heavy atom. The van der Waals surface area contributed by atoms with E-state index >= 15 is 0 Å². The normalized spacial score (nSPS) is 10.8. The molecule has 130 valence electrons. The molecule has 0 fully saturated rings. The molecule has 0 saturated heterocycles. The number of imidazole rings is 1. The van der Waals surface area contributed by atoms with Crippen LogP contribution in [-0.4, -0.2) is 27.2 Å². The molecule has 0 aliphatic carbocycles. The van der Waals surface area contributed by atoms with Gasteiger partial charge in [0.2, 0.25) is 0 Å². The van der Waals surface area contributed by atoms with E-state index in [1.807, 2.05) is 35.8 Å². The summed E-state index contributed by atoms with van der Waals surface area (Å²) >= 11 is 6.43. The summed E-state index contributed by atoms with van der Waals surface area (Å²) < 4.78 is 7.57. The molecule has 5 nitrogen and oxygen atoms in total. The summed E-state index contributed by atoms with van der Waals surface area (Å²) in [6.07, 6.45) is 2.62. The number of unbranched alkanes of at least 4 members (excludes halogenated alkanes) is 1. The summed E-state index contributed by atoms with van der Waals surface area (Å²) in [7, 11) is 0. The first-order valence-corrected chi connectivity index (χ1v) is 8.60. The molecule has 0 aliphatic rings. The van der Waals surface area contributed by atoms with Crippen molar-refractivity contribution in [2.75, 3.05) is 6.61 Å². The van der Waals surface area contributed by atoms with Gasteiger partial charge in [-0.2, -0.15) is 0 Å². The predicted molar refractivity (Wildman–Crippen MR) is 93.9 cm³/mol. The molecule has 0 unspecified atom stereocenters. The average molecular weight is 351 g/mol. The maximum absolute atomic E-state index is 11.0. The zero-order valence-electron chi connectivity index (χ0n) is 14.1. The number of carboxylic acids is 1. The zero-order chi connectivity index (χ0) is 17.5. The number of rotatable bonds is 9. The van der Waals surface area contributed by atoms with E-state index in [0.29, 0.717) is 24.0 Å². The van der Waals surface area contributed by atoms with Crippen molar-refractivity contribution in [1.82, 2.24) is 9.55 Å². The number of nitrogens with zero attached hydrogens (tertiary/aromatic N) is 2. The topological polar surface area (TPSA) is 64.3 Å². The predicted octanol–water partition coefficient (Wildman–Crippen LogP) is 3.95. The monoisotopic (exact) mass is 350 g/mol. The number of halogens is 1. The first-order valence-electron chi connectivity index (χ1n) is 8.23. The van der Waals surface area contributed by atoms with Crippen LogP contribution >= 0.6 is 11.6 Å². The van der Waals surface area contributed by atoms with Crippen molar-refractivity contribution >= 4 is 17.6 Å². The molecule has 1 aromatic carbocycles. The second-order valence-electron chi connectivity index (χ2n) is 5.57. The molecular formula is C18H23ClN2O3. The highest BCUT2D eigenvalue weighted by molar-refractivity contribution is 6.30. The van der Waals surface area contributed by atoms with Crippen LogP contribution in [0.2, 0.25) is 5.15 Å². The number of benzene rings is 1. The van der Waals surface area contributed by atoms with Crippen molar-refractivity contribution in [3.05, 3.63) is 46.5 Å². The third-order valence-corrected chi connectivity index (χ3v) is 4.15. The minimum Gasteiger partial charge on any atom is -0.494 e. The summed E-state index contributed by atoms with van der Waals surface area (Å²) in [4.78, 5) is 15.5. The van der Waals surface area contributed by atoms with Crippen molar-refractivity contribution in [2.45, 2.75) is 46.1 Å². The standard InChI is InChI=1S/C18H23ClN2O3/c1-3-5-10-16-20-14(11-17(22)23)18(19)21(16)12-13-8-6-7-9-15(13)24-4-2/h6-9H,3-5,10-12H2,1-2H3,(H,22,23). The number of aromatic nitrogens is 2. The molecule has 1 heterocycles. The molecule has 0 atom stereocenters. The number of hydrogen-bond donors (Lipinski definition) is 1. The maximum atomic E-state index is 11.0.